The standard InChI is InChI=1S/C16H23BrN2/c1-11-5-2-8-15(16(11)17)19-14-7-3-6-12(14)13-9-4-10-18-13/h2,5,8,12-14,18-19H,3-4,6-7,9-10H2,1H3. The van der Waals surface area contributed by atoms with Gasteiger partial charge in [-0.15, -0.1) is 0 Å². The zero-order chi connectivity index (χ0) is 13.2. The van der Waals surface area contributed by atoms with Crippen molar-refractivity contribution in [3.8, 4) is 0 Å². The molecule has 1 saturated heterocycles. The molecule has 104 valence electrons. The van der Waals surface area contributed by atoms with E-state index in [1.165, 1.54) is 54.4 Å². The molecule has 3 rings (SSSR count). The lowest BCUT2D eigenvalue weighted by atomic mass is 9.93. The summed E-state index contributed by atoms with van der Waals surface area (Å²) in [5, 5.41) is 7.48. The summed E-state index contributed by atoms with van der Waals surface area (Å²) in [6, 6.07) is 7.85. The van der Waals surface area contributed by atoms with Crippen LogP contribution in [-0.4, -0.2) is 18.6 Å². The molecule has 1 heterocycles. The van der Waals surface area contributed by atoms with Gasteiger partial charge in [-0.3, -0.25) is 0 Å². The number of hydrogen-bond acceptors (Lipinski definition) is 2. The van der Waals surface area contributed by atoms with Crippen molar-refractivity contribution in [3.63, 3.8) is 0 Å². The zero-order valence-electron chi connectivity index (χ0n) is 11.6. The van der Waals surface area contributed by atoms with E-state index in [0.29, 0.717) is 6.04 Å². The zero-order valence-corrected chi connectivity index (χ0v) is 13.2. The van der Waals surface area contributed by atoms with Crippen molar-refractivity contribution >= 4 is 21.6 Å². The monoisotopic (exact) mass is 322 g/mol. The topological polar surface area (TPSA) is 24.1 Å². The van der Waals surface area contributed by atoms with E-state index < -0.39 is 0 Å². The fraction of sp³-hybridized carbons (Fsp3) is 0.625. The van der Waals surface area contributed by atoms with Gasteiger partial charge in [0.25, 0.3) is 0 Å². The first-order chi connectivity index (χ1) is 9.25. The quantitative estimate of drug-likeness (QED) is 0.875. The maximum absolute atomic E-state index is 3.79. The van der Waals surface area contributed by atoms with E-state index in [1.54, 1.807) is 0 Å². The third-order valence-electron chi connectivity index (χ3n) is 4.72. The number of hydrogen-bond donors (Lipinski definition) is 2. The molecule has 0 amide bonds. The predicted molar refractivity (Wildman–Crippen MR) is 84.7 cm³/mol. The highest BCUT2D eigenvalue weighted by Gasteiger charge is 2.35. The lowest BCUT2D eigenvalue weighted by molar-refractivity contribution is 0.376. The molecule has 2 fully saturated rings. The Morgan fingerprint density at radius 3 is 2.89 bits per heavy atom. The number of halogens is 1. The van der Waals surface area contributed by atoms with Gasteiger partial charge < -0.3 is 10.6 Å². The summed E-state index contributed by atoms with van der Waals surface area (Å²) in [7, 11) is 0. The van der Waals surface area contributed by atoms with Crippen molar-refractivity contribution in [2.45, 2.75) is 51.1 Å². The maximum Gasteiger partial charge on any atom is 0.0489 e. The summed E-state index contributed by atoms with van der Waals surface area (Å²) in [4.78, 5) is 0. The molecule has 1 aliphatic carbocycles. The normalized spacial score (nSPS) is 30.7. The van der Waals surface area contributed by atoms with Crippen molar-refractivity contribution in [2.24, 2.45) is 5.92 Å². The Hall–Kier alpha value is -0.540. The molecule has 1 aromatic carbocycles. The van der Waals surface area contributed by atoms with Gasteiger partial charge in [0.15, 0.2) is 0 Å². The summed E-state index contributed by atoms with van der Waals surface area (Å²) in [6.07, 6.45) is 6.76. The van der Waals surface area contributed by atoms with Crippen LogP contribution in [0.15, 0.2) is 22.7 Å². The van der Waals surface area contributed by atoms with Gasteiger partial charge in [-0.05, 0) is 72.6 Å². The highest BCUT2D eigenvalue weighted by molar-refractivity contribution is 9.10. The van der Waals surface area contributed by atoms with Gasteiger partial charge in [0.05, 0.1) is 0 Å². The fourth-order valence-electron chi connectivity index (χ4n) is 3.69. The van der Waals surface area contributed by atoms with Gasteiger partial charge in [-0.1, -0.05) is 18.6 Å². The molecule has 1 aromatic rings. The number of nitrogens with one attached hydrogen (secondary N) is 2. The number of aryl methyl sites for hydroxylation is 1. The van der Waals surface area contributed by atoms with E-state index in [-0.39, 0.29) is 0 Å². The Morgan fingerprint density at radius 2 is 2.11 bits per heavy atom. The van der Waals surface area contributed by atoms with Gasteiger partial charge >= 0.3 is 0 Å². The lowest BCUT2D eigenvalue weighted by Gasteiger charge is -2.28. The maximum atomic E-state index is 3.79. The molecule has 0 spiro atoms. The lowest BCUT2D eigenvalue weighted by Crippen LogP contribution is -2.38. The molecule has 2 aliphatic rings. The molecule has 2 N–H and O–H groups in total. The number of benzene rings is 1. The fourth-order valence-corrected chi connectivity index (χ4v) is 4.06. The van der Waals surface area contributed by atoms with Crippen molar-refractivity contribution < 1.29 is 0 Å². The molecule has 3 heteroatoms. The predicted octanol–water partition coefficient (Wildman–Crippen LogP) is 4.09. The van der Waals surface area contributed by atoms with Crippen molar-refractivity contribution in [3.05, 3.63) is 28.2 Å². The van der Waals surface area contributed by atoms with Crippen LogP contribution in [0.1, 0.15) is 37.7 Å². The van der Waals surface area contributed by atoms with Crippen LogP contribution in [0.2, 0.25) is 0 Å². The molecular weight excluding hydrogens is 300 g/mol. The van der Waals surface area contributed by atoms with E-state index in [1.807, 2.05) is 0 Å². The molecule has 1 aliphatic heterocycles. The highest BCUT2D eigenvalue weighted by Crippen LogP contribution is 2.36. The van der Waals surface area contributed by atoms with Gasteiger partial charge in [0.2, 0.25) is 0 Å². The summed E-state index contributed by atoms with van der Waals surface area (Å²) in [5.74, 6) is 0.801. The van der Waals surface area contributed by atoms with Crippen molar-refractivity contribution in [2.75, 3.05) is 11.9 Å². The Balaban J connectivity index is 1.72. The van der Waals surface area contributed by atoms with E-state index in [9.17, 15) is 0 Å². The molecule has 19 heavy (non-hydrogen) atoms. The van der Waals surface area contributed by atoms with Crippen LogP contribution in [0.4, 0.5) is 5.69 Å². The molecule has 2 nitrogen and oxygen atoms in total. The molecule has 3 unspecified atom stereocenters. The average molecular weight is 323 g/mol. The molecule has 1 saturated carbocycles. The third kappa shape index (κ3) is 2.82. The molecule has 0 bridgehead atoms. The van der Waals surface area contributed by atoms with Gasteiger partial charge in [-0.2, -0.15) is 0 Å². The smallest absolute Gasteiger partial charge is 0.0489 e. The van der Waals surface area contributed by atoms with Gasteiger partial charge in [0.1, 0.15) is 0 Å². The van der Waals surface area contributed by atoms with Gasteiger partial charge in [-0.25, -0.2) is 0 Å². The minimum atomic E-state index is 0.633. The van der Waals surface area contributed by atoms with Crippen LogP contribution < -0.4 is 10.6 Å². The van der Waals surface area contributed by atoms with E-state index >= 15 is 0 Å². The third-order valence-corrected chi connectivity index (χ3v) is 5.77. The van der Waals surface area contributed by atoms with E-state index in [2.05, 4.69) is 51.7 Å². The SMILES string of the molecule is Cc1cccc(NC2CCCC2C2CCCN2)c1Br. The Morgan fingerprint density at radius 1 is 1.21 bits per heavy atom. The van der Waals surface area contributed by atoms with Crippen molar-refractivity contribution in [1.29, 1.82) is 0 Å². The number of rotatable bonds is 3. The second-order valence-corrected chi connectivity index (χ2v) is 6.78. The summed E-state index contributed by atoms with van der Waals surface area (Å²) in [6.45, 7) is 3.36. The Labute approximate surface area is 124 Å². The van der Waals surface area contributed by atoms with E-state index in [0.717, 1.165) is 12.0 Å². The second kappa shape index (κ2) is 5.84. The first-order valence-corrected chi connectivity index (χ1v) is 8.30. The summed E-state index contributed by atoms with van der Waals surface area (Å²) < 4.78 is 1.22. The Kier molecular flexibility index (Phi) is 4.13. The van der Waals surface area contributed by atoms with Crippen LogP contribution in [0.3, 0.4) is 0 Å². The van der Waals surface area contributed by atoms with Crippen LogP contribution in [-0.2, 0) is 0 Å². The minimum Gasteiger partial charge on any atom is -0.381 e. The molecule has 0 aromatic heterocycles. The Bertz CT molecular complexity index is 440. The summed E-state index contributed by atoms with van der Waals surface area (Å²) >= 11 is 3.71. The first-order valence-electron chi connectivity index (χ1n) is 7.51. The van der Waals surface area contributed by atoms with Crippen LogP contribution in [0, 0.1) is 12.8 Å². The van der Waals surface area contributed by atoms with Crippen LogP contribution in [0.5, 0.6) is 0 Å². The minimum absolute atomic E-state index is 0.633. The average Bonchev–Trinajstić information content (AvgIpc) is 3.05. The van der Waals surface area contributed by atoms with Crippen LogP contribution >= 0.6 is 15.9 Å². The van der Waals surface area contributed by atoms with Crippen molar-refractivity contribution in [1.82, 2.24) is 5.32 Å². The summed E-state index contributed by atoms with van der Waals surface area (Å²) in [5.41, 5.74) is 2.56. The first kappa shape index (κ1) is 13.4. The molecule has 3 atom stereocenters. The van der Waals surface area contributed by atoms with E-state index in [4.69, 9.17) is 0 Å². The highest BCUT2D eigenvalue weighted by atomic mass is 79.9. The second-order valence-electron chi connectivity index (χ2n) is 5.98. The molecular formula is C16H23BrN2. The molecule has 0 radical (unpaired) electrons. The van der Waals surface area contributed by atoms with Crippen LogP contribution in [0.25, 0.3) is 0 Å². The van der Waals surface area contributed by atoms with Gasteiger partial charge in [0, 0.05) is 22.2 Å². The number of anilines is 1. The largest absolute Gasteiger partial charge is 0.381 e.